The summed E-state index contributed by atoms with van der Waals surface area (Å²) in [6.45, 7) is 4.67. The number of aromatic amines is 1. The Morgan fingerprint density at radius 1 is 1.07 bits per heavy atom. The van der Waals surface area contributed by atoms with Gasteiger partial charge in [-0.2, -0.15) is 0 Å². The Morgan fingerprint density at radius 2 is 1.83 bits per heavy atom. The number of piperidine rings is 1. The number of oxazole rings is 1. The minimum absolute atomic E-state index is 0.142. The van der Waals surface area contributed by atoms with Crippen molar-refractivity contribution in [2.24, 2.45) is 0 Å². The standard InChI is InChI=1S/C34H45N7O5/c1-3-40(20-19-39(2)24-9-5-4-6-10-24)30(42)28(21-23-13-14-27-29(22-23)46-33(45)37-27)36-32(44)41-17-15-34(16-18-41)25-11-7-8-12-26(25)35-31(43)38-34/h7-8,11-14,22,24,28H,3-6,9-10,15-21H2,1-2H3,(H,36,44)(H,37,45)(H2,35,38,43). The molecule has 3 aliphatic rings. The van der Waals surface area contributed by atoms with E-state index in [1.165, 1.54) is 32.1 Å². The van der Waals surface area contributed by atoms with Crippen LogP contribution >= 0.6 is 0 Å². The van der Waals surface area contributed by atoms with Gasteiger partial charge in [-0.05, 0) is 63.4 Å². The molecule has 1 aliphatic carbocycles. The van der Waals surface area contributed by atoms with Gasteiger partial charge in [0.15, 0.2) is 5.58 Å². The summed E-state index contributed by atoms with van der Waals surface area (Å²) in [5.41, 5.74) is 3.02. The number of urea groups is 2. The Bertz CT molecular complexity index is 1620. The van der Waals surface area contributed by atoms with E-state index < -0.39 is 17.3 Å². The lowest BCUT2D eigenvalue weighted by Gasteiger charge is -2.45. The number of hydrogen-bond acceptors (Lipinski definition) is 6. The van der Waals surface area contributed by atoms with Crippen molar-refractivity contribution in [3.8, 4) is 0 Å². The van der Waals surface area contributed by atoms with Crippen molar-refractivity contribution < 1.29 is 18.8 Å². The maximum absolute atomic E-state index is 14.1. The number of H-pyrrole nitrogens is 1. The molecule has 1 spiro atoms. The molecule has 5 amide bonds. The molecule has 3 aromatic rings. The average Bonchev–Trinajstić information content (AvgIpc) is 3.44. The predicted molar refractivity (Wildman–Crippen MR) is 176 cm³/mol. The summed E-state index contributed by atoms with van der Waals surface area (Å²) in [4.78, 5) is 60.7. The van der Waals surface area contributed by atoms with Gasteiger partial charge in [-0.25, -0.2) is 14.4 Å². The van der Waals surface area contributed by atoms with Crippen LogP contribution in [-0.4, -0.2) is 89.5 Å². The highest BCUT2D eigenvalue weighted by Crippen LogP contribution is 2.39. The highest BCUT2D eigenvalue weighted by atomic mass is 16.4. The molecule has 12 heteroatoms. The minimum atomic E-state index is -0.814. The molecule has 1 atom stereocenters. The fourth-order valence-electron chi connectivity index (χ4n) is 7.35. The number of rotatable bonds is 9. The average molecular weight is 632 g/mol. The molecule has 3 heterocycles. The summed E-state index contributed by atoms with van der Waals surface area (Å²) in [6, 6.07) is 12.3. The number of nitrogens with zero attached hydrogens (tertiary/aromatic N) is 3. The van der Waals surface area contributed by atoms with E-state index in [4.69, 9.17) is 4.42 Å². The number of carbonyl (C=O) groups excluding carboxylic acids is 3. The van der Waals surface area contributed by atoms with Gasteiger partial charge in [-0.1, -0.05) is 43.5 Å². The second-order valence-corrected chi connectivity index (χ2v) is 12.9. The quantitative estimate of drug-likeness (QED) is 0.281. The van der Waals surface area contributed by atoms with Crippen LogP contribution in [-0.2, 0) is 16.8 Å². The number of likely N-dealkylation sites (tertiary alicyclic amines) is 1. The molecule has 1 saturated heterocycles. The van der Waals surface area contributed by atoms with E-state index in [1.54, 1.807) is 17.0 Å². The summed E-state index contributed by atoms with van der Waals surface area (Å²) >= 11 is 0. The molecular weight excluding hydrogens is 586 g/mol. The first-order valence-electron chi connectivity index (χ1n) is 16.6. The Morgan fingerprint density at radius 3 is 2.59 bits per heavy atom. The third-order valence-corrected chi connectivity index (χ3v) is 10.1. The zero-order valence-electron chi connectivity index (χ0n) is 26.8. The van der Waals surface area contributed by atoms with E-state index in [2.05, 4.69) is 32.9 Å². The lowest BCUT2D eigenvalue weighted by Crippen LogP contribution is -2.60. The molecule has 2 aliphatic heterocycles. The van der Waals surface area contributed by atoms with Gasteiger partial charge < -0.3 is 35.1 Å². The number of nitrogens with one attached hydrogen (secondary N) is 4. The molecule has 2 fully saturated rings. The third-order valence-electron chi connectivity index (χ3n) is 10.1. The van der Waals surface area contributed by atoms with Gasteiger partial charge in [-0.3, -0.25) is 9.78 Å². The summed E-state index contributed by atoms with van der Waals surface area (Å²) in [5, 5.41) is 9.05. The third kappa shape index (κ3) is 6.76. The molecule has 6 rings (SSSR count). The van der Waals surface area contributed by atoms with Crippen LogP contribution in [0.2, 0.25) is 0 Å². The van der Waals surface area contributed by atoms with Crippen LogP contribution < -0.4 is 21.7 Å². The number of amides is 5. The van der Waals surface area contributed by atoms with Crippen molar-refractivity contribution in [3.05, 3.63) is 64.1 Å². The van der Waals surface area contributed by atoms with Crippen molar-refractivity contribution in [2.75, 3.05) is 45.1 Å². The van der Waals surface area contributed by atoms with E-state index in [0.29, 0.717) is 56.2 Å². The molecule has 0 radical (unpaired) electrons. The molecule has 246 valence electrons. The van der Waals surface area contributed by atoms with Crippen LogP contribution in [0, 0.1) is 0 Å². The van der Waals surface area contributed by atoms with Crippen molar-refractivity contribution in [1.29, 1.82) is 0 Å². The largest absolute Gasteiger partial charge is 0.417 e. The van der Waals surface area contributed by atoms with Crippen LogP contribution in [0.25, 0.3) is 11.1 Å². The number of hydrogen-bond donors (Lipinski definition) is 4. The number of para-hydroxylation sites is 1. The van der Waals surface area contributed by atoms with Crippen molar-refractivity contribution in [3.63, 3.8) is 0 Å². The Labute approximate surface area is 268 Å². The smallest absolute Gasteiger partial charge is 0.408 e. The van der Waals surface area contributed by atoms with E-state index in [9.17, 15) is 19.2 Å². The van der Waals surface area contributed by atoms with Crippen LogP contribution in [0.5, 0.6) is 0 Å². The molecule has 4 N–H and O–H groups in total. The van der Waals surface area contributed by atoms with Crippen LogP contribution in [0.3, 0.4) is 0 Å². The van der Waals surface area contributed by atoms with Gasteiger partial charge in [0.2, 0.25) is 5.91 Å². The zero-order valence-corrected chi connectivity index (χ0v) is 26.8. The summed E-state index contributed by atoms with van der Waals surface area (Å²) in [6.07, 6.45) is 7.53. The van der Waals surface area contributed by atoms with Gasteiger partial charge >= 0.3 is 17.8 Å². The highest BCUT2D eigenvalue weighted by molar-refractivity contribution is 5.94. The number of fused-ring (bicyclic) bond motifs is 3. The van der Waals surface area contributed by atoms with Crippen molar-refractivity contribution >= 4 is 34.8 Å². The Balaban J connectivity index is 1.16. The topological polar surface area (TPSA) is 143 Å². The van der Waals surface area contributed by atoms with E-state index in [0.717, 1.165) is 23.4 Å². The van der Waals surface area contributed by atoms with Crippen molar-refractivity contribution in [1.82, 2.24) is 30.3 Å². The Kier molecular flexibility index (Phi) is 9.34. The molecule has 0 bridgehead atoms. The zero-order chi connectivity index (χ0) is 32.3. The first kappa shape index (κ1) is 31.7. The van der Waals surface area contributed by atoms with Gasteiger partial charge in [0.25, 0.3) is 0 Å². The summed E-state index contributed by atoms with van der Waals surface area (Å²) in [5.74, 6) is -0.681. The number of carbonyl (C=O) groups is 3. The lowest BCUT2D eigenvalue weighted by atomic mass is 9.79. The number of anilines is 1. The predicted octanol–water partition coefficient (Wildman–Crippen LogP) is 3.98. The maximum atomic E-state index is 14.1. The molecule has 12 nitrogen and oxygen atoms in total. The Hall–Kier alpha value is -4.32. The second-order valence-electron chi connectivity index (χ2n) is 12.9. The van der Waals surface area contributed by atoms with Crippen LogP contribution in [0.4, 0.5) is 15.3 Å². The maximum Gasteiger partial charge on any atom is 0.417 e. The minimum Gasteiger partial charge on any atom is -0.408 e. The van der Waals surface area contributed by atoms with Gasteiger partial charge in [0.05, 0.1) is 11.1 Å². The van der Waals surface area contributed by atoms with Gasteiger partial charge in [-0.15, -0.1) is 0 Å². The van der Waals surface area contributed by atoms with Gasteiger partial charge in [0, 0.05) is 56.4 Å². The number of aromatic nitrogens is 1. The molecule has 46 heavy (non-hydrogen) atoms. The second kappa shape index (κ2) is 13.6. The molecule has 1 saturated carbocycles. The van der Waals surface area contributed by atoms with E-state index in [-0.39, 0.29) is 24.4 Å². The molecule has 2 aromatic carbocycles. The molecule has 1 aromatic heterocycles. The fraction of sp³-hybridized carbons (Fsp3) is 0.529. The molecule has 1 unspecified atom stereocenters. The van der Waals surface area contributed by atoms with Crippen LogP contribution in [0.1, 0.15) is 63.0 Å². The van der Waals surface area contributed by atoms with Crippen molar-refractivity contribution in [2.45, 2.75) is 75.9 Å². The SMILES string of the molecule is CCN(CCN(C)C1CCCCC1)C(=O)C(Cc1ccc2[nH]c(=O)oc2c1)NC(=O)N1CCC2(CC1)NC(=O)Nc1ccccc12. The molecular formula is C34H45N7O5. The van der Waals surface area contributed by atoms with E-state index in [1.807, 2.05) is 42.2 Å². The lowest BCUT2D eigenvalue weighted by molar-refractivity contribution is -0.133. The number of benzene rings is 2. The van der Waals surface area contributed by atoms with Crippen LogP contribution in [0.15, 0.2) is 51.7 Å². The highest BCUT2D eigenvalue weighted by Gasteiger charge is 2.43. The fourth-order valence-corrected chi connectivity index (χ4v) is 7.35. The first-order valence-corrected chi connectivity index (χ1v) is 16.6. The van der Waals surface area contributed by atoms with Gasteiger partial charge in [0.1, 0.15) is 6.04 Å². The monoisotopic (exact) mass is 631 g/mol. The normalized spacial score (nSPS) is 18.6. The number of likely N-dealkylation sites (N-methyl/N-ethyl adjacent to an activating group) is 2. The van der Waals surface area contributed by atoms with E-state index >= 15 is 0 Å². The summed E-state index contributed by atoms with van der Waals surface area (Å²) < 4.78 is 5.26. The first-order chi connectivity index (χ1) is 22.2. The summed E-state index contributed by atoms with van der Waals surface area (Å²) in [7, 11) is 2.14.